The Morgan fingerprint density at radius 2 is 2.19 bits per heavy atom. The van der Waals surface area contributed by atoms with E-state index in [4.69, 9.17) is 0 Å². The lowest BCUT2D eigenvalue weighted by Gasteiger charge is -2.21. The van der Waals surface area contributed by atoms with Crippen LogP contribution in [0.5, 0.6) is 0 Å². The Morgan fingerprint density at radius 1 is 1.38 bits per heavy atom. The number of carbonyl (C=O) groups is 3. The number of piperidine rings is 1. The predicted octanol–water partition coefficient (Wildman–Crippen LogP) is 2.34. The van der Waals surface area contributed by atoms with Gasteiger partial charge in [-0.2, -0.15) is 0 Å². The van der Waals surface area contributed by atoms with E-state index in [2.05, 4.69) is 10.6 Å². The molecule has 2 N–H and O–H groups in total. The van der Waals surface area contributed by atoms with Crippen molar-refractivity contribution in [2.24, 2.45) is 0 Å². The van der Waals surface area contributed by atoms with Crippen LogP contribution in [0.4, 0.5) is 5.69 Å². The summed E-state index contributed by atoms with van der Waals surface area (Å²) in [6.45, 7) is 2.04. The molecule has 0 saturated carbocycles. The highest BCUT2D eigenvalue weighted by molar-refractivity contribution is 6.01. The normalized spacial score (nSPS) is 18.2. The fourth-order valence-electron chi connectivity index (χ4n) is 2.41. The maximum absolute atomic E-state index is 11.9. The molecule has 3 amide bonds. The van der Waals surface area contributed by atoms with Gasteiger partial charge in [-0.25, -0.2) is 0 Å². The number of hydrogen-bond acceptors (Lipinski definition) is 3. The van der Waals surface area contributed by atoms with E-state index < -0.39 is 0 Å². The zero-order chi connectivity index (χ0) is 15.2. The molecular weight excluding hydrogens is 268 g/mol. The third-order valence-electron chi connectivity index (χ3n) is 3.57. The van der Waals surface area contributed by atoms with Gasteiger partial charge in [0.1, 0.15) is 0 Å². The van der Waals surface area contributed by atoms with Gasteiger partial charge in [0, 0.05) is 18.5 Å². The lowest BCUT2D eigenvalue weighted by molar-refractivity contribution is -0.134. The van der Waals surface area contributed by atoms with Crippen molar-refractivity contribution in [3.63, 3.8) is 0 Å². The third-order valence-corrected chi connectivity index (χ3v) is 3.57. The van der Waals surface area contributed by atoms with E-state index in [9.17, 15) is 14.4 Å². The molecule has 1 fully saturated rings. The number of imide groups is 1. The average molecular weight is 288 g/mol. The number of unbranched alkanes of at least 4 members (excludes halogenated alkanes) is 1. The molecule has 5 nitrogen and oxygen atoms in total. The number of hydrogen-bond donors (Lipinski definition) is 2. The molecule has 1 atom stereocenters. The fraction of sp³-hybridized carbons (Fsp3) is 0.438. The van der Waals surface area contributed by atoms with Gasteiger partial charge in [0.2, 0.25) is 17.7 Å². The fourth-order valence-corrected chi connectivity index (χ4v) is 2.41. The number of carbonyl (C=O) groups excluding carboxylic acids is 3. The van der Waals surface area contributed by atoms with Gasteiger partial charge in [0.15, 0.2) is 0 Å². The molecule has 112 valence electrons. The average Bonchev–Trinajstić information content (AvgIpc) is 2.45. The largest absolute Gasteiger partial charge is 0.326 e. The highest BCUT2D eigenvalue weighted by atomic mass is 16.2. The van der Waals surface area contributed by atoms with E-state index in [0.717, 1.165) is 18.4 Å². The summed E-state index contributed by atoms with van der Waals surface area (Å²) >= 11 is 0. The van der Waals surface area contributed by atoms with Crippen LogP contribution in [0.3, 0.4) is 0 Å². The molecule has 0 radical (unpaired) electrons. The zero-order valence-electron chi connectivity index (χ0n) is 12.1. The van der Waals surface area contributed by atoms with Crippen LogP contribution in [0.2, 0.25) is 0 Å². The van der Waals surface area contributed by atoms with Crippen LogP contribution in [-0.4, -0.2) is 17.7 Å². The first-order valence-corrected chi connectivity index (χ1v) is 7.33. The quantitative estimate of drug-likeness (QED) is 0.817. The summed E-state index contributed by atoms with van der Waals surface area (Å²) in [5, 5.41) is 5.19. The molecule has 0 spiro atoms. The molecule has 1 saturated heterocycles. The first-order valence-electron chi connectivity index (χ1n) is 7.33. The standard InChI is InChI=1S/C16H20N2O3/c1-2-3-7-14(19)17-12-6-4-5-11(10-12)13-8-9-15(20)18-16(13)21/h4-6,10,13H,2-3,7-9H2,1H3,(H,17,19)(H,18,20,21). The zero-order valence-corrected chi connectivity index (χ0v) is 12.1. The number of benzene rings is 1. The minimum Gasteiger partial charge on any atom is -0.326 e. The van der Waals surface area contributed by atoms with Gasteiger partial charge in [0.25, 0.3) is 0 Å². The van der Waals surface area contributed by atoms with Crippen LogP contribution in [0, 0.1) is 0 Å². The van der Waals surface area contributed by atoms with Gasteiger partial charge in [-0.3, -0.25) is 19.7 Å². The highest BCUT2D eigenvalue weighted by Crippen LogP contribution is 2.26. The summed E-state index contributed by atoms with van der Waals surface area (Å²) in [7, 11) is 0. The first kappa shape index (κ1) is 15.2. The number of amides is 3. The van der Waals surface area contributed by atoms with Crippen molar-refractivity contribution in [1.29, 1.82) is 0 Å². The second-order valence-electron chi connectivity index (χ2n) is 5.28. The van der Waals surface area contributed by atoms with Gasteiger partial charge in [-0.05, 0) is 30.5 Å². The molecule has 1 unspecified atom stereocenters. The minimum absolute atomic E-state index is 0.0164. The summed E-state index contributed by atoms with van der Waals surface area (Å²) in [5.74, 6) is -0.826. The maximum Gasteiger partial charge on any atom is 0.234 e. The van der Waals surface area contributed by atoms with Crippen LogP contribution in [0.1, 0.15) is 50.5 Å². The van der Waals surface area contributed by atoms with Crippen molar-refractivity contribution in [3.05, 3.63) is 29.8 Å². The molecule has 1 aromatic rings. The van der Waals surface area contributed by atoms with Crippen LogP contribution >= 0.6 is 0 Å². The van der Waals surface area contributed by atoms with Crippen LogP contribution < -0.4 is 10.6 Å². The molecule has 0 aliphatic carbocycles. The maximum atomic E-state index is 11.9. The molecule has 1 heterocycles. The second kappa shape index (κ2) is 7.02. The van der Waals surface area contributed by atoms with E-state index in [1.165, 1.54) is 0 Å². The Labute approximate surface area is 124 Å². The van der Waals surface area contributed by atoms with Crippen LogP contribution in [0.25, 0.3) is 0 Å². The van der Waals surface area contributed by atoms with E-state index in [0.29, 0.717) is 24.9 Å². The first-order chi connectivity index (χ1) is 10.1. The van der Waals surface area contributed by atoms with E-state index in [1.807, 2.05) is 25.1 Å². The predicted molar refractivity (Wildman–Crippen MR) is 79.7 cm³/mol. The smallest absolute Gasteiger partial charge is 0.234 e. The van der Waals surface area contributed by atoms with Crippen LogP contribution in [0.15, 0.2) is 24.3 Å². The van der Waals surface area contributed by atoms with Gasteiger partial charge in [-0.1, -0.05) is 25.5 Å². The number of nitrogens with one attached hydrogen (secondary N) is 2. The van der Waals surface area contributed by atoms with Crippen molar-refractivity contribution < 1.29 is 14.4 Å². The lowest BCUT2D eigenvalue weighted by Crippen LogP contribution is -2.39. The SMILES string of the molecule is CCCCC(=O)Nc1cccc(C2CCC(=O)NC2=O)c1. The Balaban J connectivity index is 2.05. The summed E-state index contributed by atoms with van der Waals surface area (Å²) in [6, 6.07) is 7.28. The molecule has 2 rings (SSSR count). The Kier molecular flexibility index (Phi) is 5.09. The summed E-state index contributed by atoms with van der Waals surface area (Å²) in [4.78, 5) is 34.8. The molecule has 1 aromatic carbocycles. The van der Waals surface area contributed by atoms with E-state index in [-0.39, 0.29) is 23.6 Å². The van der Waals surface area contributed by atoms with Gasteiger partial charge >= 0.3 is 0 Å². The number of anilines is 1. The van der Waals surface area contributed by atoms with E-state index >= 15 is 0 Å². The van der Waals surface area contributed by atoms with E-state index in [1.54, 1.807) is 6.07 Å². The van der Waals surface area contributed by atoms with Crippen molar-refractivity contribution >= 4 is 23.4 Å². The molecule has 0 bridgehead atoms. The molecule has 1 aliphatic heterocycles. The summed E-state index contributed by atoms with van der Waals surface area (Å²) < 4.78 is 0. The number of rotatable bonds is 5. The Bertz CT molecular complexity index is 554. The molecule has 5 heteroatoms. The topological polar surface area (TPSA) is 75.3 Å². The van der Waals surface area contributed by atoms with Crippen molar-refractivity contribution in [2.45, 2.75) is 44.9 Å². The second-order valence-corrected chi connectivity index (χ2v) is 5.28. The van der Waals surface area contributed by atoms with Gasteiger partial charge in [-0.15, -0.1) is 0 Å². The van der Waals surface area contributed by atoms with Crippen molar-refractivity contribution in [3.8, 4) is 0 Å². The Morgan fingerprint density at radius 3 is 2.90 bits per heavy atom. The van der Waals surface area contributed by atoms with Crippen molar-refractivity contribution in [2.75, 3.05) is 5.32 Å². The van der Waals surface area contributed by atoms with Crippen molar-refractivity contribution in [1.82, 2.24) is 5.32 Å². The molecular formula is C16H20N2O3. The van der Waals surface area contributed by atoms with Gasteiger partial charge in [0.05, 0.1) is 5.92 Å². The minimum atomic E-state index is -0.324. The van der Waals surface area contributed by atoms with Crippen LogP contribution in [-0.2, 0) is 14.4 Å². The van der Waals surface area contributed by atoms with Gasteiger partial charge < -0.3 is 5.32 Å². The molecule has 0 aromatic heterocycles. The highest BCUT2D eigenvalue weighted by Gasteiger charge is 2.27. The Hall–Kier alpha value is -2.17. The summed E-state index contributed by atoms with van der Waals surface area (Å²) in [6.07, 6.45) is 3.20. The third kappa shape index (κ3) is 4.15. The molecule has 21 heavy (non-hydrogen) atoms. The lowest BCUT2D eigenvalue weighted by atomic mass is 9.90. The molecule has 1 aliphatic rings. The summed E-state index contributed by atoms with van der Waals surface area (Å²) in [5.41, 5.74) is 1.52. The monoisotopic (exact) mass is 288 g/mol.